The molecule has 30 heavy (non-hydrogen) atoms. The average molecular weight is 411 g/mol. The Morgan fingerprint density at radius 2 is 1.83 bits per heavy atom. The van der Waals surface area contributed by atoms with Crippen LogP contribution in [0.15, 0.2) is 46.8 Å². The zero-order chi connectivity index (χ0) is 22.2. The zero-order valence-electron chi connectivity index (χ0n) is 18.4. The fraction of sp³-hybridized carbons (Fsp3) is 0.458. The number of Topliss-reactive ketones (excluding diaryl/α,β-unsaturated/α-hetero) is 1. The van der Waals surface area contributed by atoms with Crippen molar-refractivity contribution in [3.8, 4) is 0 Å². The molecule has 0 unspecified atom stereocenters. The van der Waals surface area contributed by atoms with Gasteiger partial charge < -0.3 is 14.8 Å². The summed E-state index contributed by atoms with van der Waals surface area (Å²) in [5, 5.41) is 3.27. The first-order valence-corrected chi connectivity index (χ1v) is 10.3. The molecule has 1 aromatic rings. The molecule has 1 N–H and O–H groups in total. The van der Waals surface area contributed by atoms with Gasteiger partial charge in [0.2, 0.25) is 0 Å². The van der Waals surface area contributed by atoms with Gasteiger partial charge in [-0.05, 0) is 51.2 Å². The topological polar surface area (TPSA) is 81.7 Å². The van der Waals surface area contributed by atoms with Crippen molar-refractivity contribution in [1.29, 1.82) is 0 Å². The molecule has 160 valence electrons. The van der Waals surface area contributed by atoms with Crippen LogP contribution in [0.5, 0.6) is 0 Å². The highest BCUT2D eigenvalue weighted by Crippen LogP contribution is 2.46. The number of hydrogen-bond acceptors (Lipinski definition) is 6. The van der Waals surface area contributed by atoms with Crippen LogP contribution in [0.4, 0.5) is 0 Å². The summed E-state index contributed by atoms with van der Waals surface area (Å²) in [6, 6.07) is 7.68. The van der Waals surface area contributed by atoms with Crippen molar-refractivity contribution in [2.24, 2.45) is 11.8 Å². The van der Waals surface area contributed by atoms with E-state index in [1.165, 1.54) is 7.11 Å². The van der Waals surface area contributed by atoms with Gasteiger partial charge in [0.05, 0.1) is 18.8 Å². The summed E-state index contributed by atoms with van der Waals surface area (Å²) in [7, 11) is 1.29. The van der Waals surface area contributed by atoms with Crippen LogP contribution in [0.25, 0.3) is 0 Å². The van der Waals surface area contributed by atoms with Gasteiger partial charge >= 0.3 is 11.9 Å². The molecule has 2 aliphatic rings. The lowest BCUT2D eigenvalue weighted by Crippen LogP contribution is -2.43. The van der Waals surface area contributed by atoms with Gasteiger partial charge in [0.25, 0.3) is 0 Å². The minimum atomic E-state index is -0.886. The Bertz CT molecular complexity index is 956. The van der Waals surface area contributed by atoms with E-state index in [0.717, 1.165) is 16.8 Å². The van der Waals surface area contributed by atoms with E-state index >= 15 is 0 Å². The standard InChI is InChI=1S/C24H29NO5/c1-12(2)30-24(28)19-15(5)25-17-11-14(4)18(23(27)29-6)22(26)21(17)20(19)16-10-8-7-9-13(16)3/h7-10,12,14,18,20,25H,11H2,1-6H3/t14-,18-,20+/m1/s1. The van der Waals surface area contributed by atoms with Gasteiger partial charge in [-0.15, -0.1) is 0 Å². The number of benzene rings is 1. The highest BCUT2D eigenvalue weighted by Gasteiger charge is 2.47. The molecule has 0 aromatic heterocycles. The summed E-state index contributed by atoms with van der Waals surface area (Å²) in [5.41, 5.74) is 4.11. The van der Waals surface area contributed by atoms with Gasteiger partial charge in [0.1, 0.15) is 5.92 Å². The third kappa shape index (κ3) is 3.78. The molecule has 1 aliphatic heterocycles. The van der Waals surface area contributed by atoms with E-state index in [-0.39, 0.29) is 17.8 Å². The Hall–Kier alpha value is -2.89. The van der Waals surface area contributed by atoms with Crippen LogP contribution >= 0.6 is 0 Å². The molecule has 0 radical (unpaired) electrons. The Morgan fingerprint density at radius 3 is 2.43 bits per heavy atom. The molecule has 3 rings (SSSR count). The van der Waals surface area contributed by atoms with Crippen molar-refractivity contribution in [3.05, 3.63) is 57.9 Å². The zero-order valence-corrected chi connectivity index (χ0v) is 18.4. The van der Waals surface area contributed by atoms with Crippen LogP contribution in [0.2, 0.25) is 0 Å². The highest BCUT2D eigenvalue weighted by atomic mass is 16.5. The Morgan fingerprint density at radius 1 is 1.17 bits per heavy atom. The molecule has 1 aliphatic carbocycles. The van der Waals surface area contributed by atoms with Crippen molar-refractivity contribution in [2.45, 2.75) is 53.1 Å². The summed E-state index contributed by atoms with van der Waals surface area (Å²) in [5.74, 6) is -2.98. The predicted octanol–water partition coefficient (Wildman–Crippen LogP) is 3.56. The van der Waals surface area contributed by atoms with Crippen LogP contribution < -0.4 is 5.32 Å². The number of dihydropyridines is 1. The molecule has 0 spiro atoms. The Labute approximate surface area is 177 Å². The van der Waals surface area contributed by atoms with E-state index in [1.54, 1.807) is 13.8 Å². The summed E-state index contributed by atoms with van der Waals surface area (Å²) in [6.45, 7) is 9.23. The lowest BCUT2D eigenvalue weighted by atomic mass is 9.68. The number of ether oxygens (including phenoxy) is 2. The maximum atomic E-state index is 13.6. The minimum Gasteiger partial charge on any atom is -0.468 e. The molecule has 0 fully saturated rings. The quantitative estimate of drug-likeness (QED) is 0.603. The van der Waals surface area contributed by atoms with Crippen molar-refractivity contribution < 1.29 is 23.9 Å². The van der Waals surface area contributed by atoms with Crippen molar-refractivity contribution in [3.63, 3.8) is 0 Å². The van der Waals surface area contributed by atoms with Gasteiger partial charge in [0.15, 0.2) is 5.78 Å². The molecule has 1 heterocycles. The molecule has 6 nitrogen and oxygen atoms in total. The molecule has 1 aromatic carbocycles. The maximum absolute atomic E-state index is 13.6. The number of nitrogens with one attached hydrogen (secondary N) is 1. The summed E-state index contributed by atoms with van der Waals surface area (Å²) in [6.07, 6.45) is 0.225. The van der Waals surface area contributed by atoms with E-state index in [2.05, 4.69) is 5.32 Å². The van der Waals surface area contributed by atoms with Crippen molar-refractivity contribution in [2.75, 3.05) is 7.11 Å². The highest BCUT2D eigenvalue weighted by molar-refractivity contribution is 6.12. The number of hydrogen-bond donors (Lipinski definition) is 1. The largest absolute Gasteiger partial charge is 0.468 e. The summed E-state index contributed by atoms with van der Waals surface area (Å²) >= 11 is 0. The van der Waals surface area contributed by atoms with E-state index < -0.39 is 23.8 Å². The second kappa shape index (κ2) is 8.46. The third-order valence-electron chi connectivity index (χ3n) is 5.81. The maximum Gasteiger partial charge on any atom is 0.337 e. The minimum absolute atomic E-state index is 0.203. The Kier molecular flexibility index (Phi) is 6.15. The van der Waals surface area contributed by atoms with Crippen LogP contribution in [0.3, 0.4) is 0 Å². The van der Waals surface area contributed by atoms with Gasteiger partial charge in [0, 0.05) is 22.9 Å². The average Bonchev–Trinajstić information content (AvgIpc) is 2.66. The number of carbonyl (C=O) groups is 3. The Balaban J connectivity index is 2.21. The lowest BCUT2D eigenvalue weighted by molar-refractivity contribution is -0.151. The molecule has 6 heteroatoms. The molecule has 0 saturated heterocycles. The second-order valence-corrected chi connectivity index (χ2v) is 8.35. The number of rotatable bonds is 4. The monoisotopic (exact) mass is 411 g/mol. The van der Waals surface area contributed by atoms with E-state index in [4.69, 9.17) is 9.47 Å². The fourth-order valence-electron chi connectivity index (χ4n) is 4.45. The van der Waals surface area contributed by atoms with Crippen molar-refractivity contribution >= 4 is 17.7 Å². The van der Waals surface area contributed by atoms with Crippen LogP contribution in [0, 0.1) is 18.8 Å². The molecular weight excluding hydrogens is 382 g/mol. The lowest BCUT2D eigenvalue weighted by Gasteiger charge is -2.38. The normalized spacial score (nSPS) is 23.8. The molecule has 0 amide bonds. The first kappa shape index (κ1) is 21.8. The summed E-state index contributed by atoms with van der Waals surface area (Å²) < 4.78 is 10.4. The predicted molar refractivity (Wildman–Crippen MR) is 112 cm³/mol. The van der Waals surface area contributed by atoms with Gasteiger partial charge in [-0.3, -0.25) is 9.59 Å². The summed E-state index contributed by atoms with van der Waals surface area (Å²) in [4.78, 5) is 39.1. The molecular formula is C24H29NO5. The van der Waals surface area contributed by atoms with Gasteiger partial charge in [-0.2, -0.15) is 0 Å². The van der Waals surface area contributed by atoms with Crippen molar-refractivity contribution in [1.82, 2.24) is 5.32 Å². The molecule has 3 atom stereocenters. The van der Waals surface area contributed by atoms with Crippen LogP contribution in [-0.4, -0.2) is 30.9 Å². The molecule has 0 bridgehead atoms. The number of methoxy groups -OCH3 is 1. The fourth-order valence-corrected chi connectivity index (χ4v) is 4.45. The smallest absolute Gasteiger partial charge is 0.337 e. The van der Waals surface area contributed by atoms with Gasteiger partial charge in [-0.1, -0.05) is 31.2 Å². The van der Waals surface area contributed by atoms with Crippen LogP contribution in [-0.2, 0) is 23.9 Å². The first-order chi connectivity index (χ1) is 14.2. The number of allylic oxidation sites excluding steroid dienone is 3. The van der Waals surface area contributed by atoms with E-state index in [9.17, 15) is 14.4 Å². The number of carbonyl (C=O) groups excluding carboxylic acids is 3. The van der Waals surface area contributed by atoms with E-state index in [0.29, 0.717) is 23.3 Å². The SMILES string of the molecule is COC(=O)[C@H]1C(=O)C2=C(C[C@H]1C)NC(C)=C(C(=O)OC(C)C)[C@@H]2c1ccccc1C. The van der Waals surface area contributed by atoms with Gasteiger partial charge in [-0.25, -0.2) is 4.79 Å². The van der Waals surface area contributed by atoms with E-state index in [1.807, 2.05) is 45.0 Å². The number of aryl methyl sites for hydroxylation is 1. The second-order valence-electron chi connectivity index (χ2n) is 8.35. The number of ketones is 1. The molecule has 0 saturated carbocycles. The van der Waals surface area contributed by atoms with Crippen LogP contribution in [0.1, 0.15) is 51.2 Å². The third-order valence-corrected chi connectivity index (χ3v) is 5.81. The first-order valence-electron chi connectivity index (χ1n) is 10.3. The number of esters is 2.